The van der Waals surface area contributed by atoms with E-state index >= 15 is 0 Å². The molecule has 0 saturated carbocycles. The summed E-state index contributed by atoms with van der Waals surface area (Å²) in [5.41, 5.74) is 5.82. The van der Waals surface area contributed by atoms with Crippen LogP contribution in [0.15, 0.2) is 70.6 Å². The minimum Gasteiger partial charge on any atom is -0.480 e. The molecule has 0 aliphatic carbocycles. The van der Waals surface area contributed by atoms with Gasteiger partial charge in [-0.1, -0.05) is 55.1 Å². The molecule has 0 spiro atoms. The van der Waals surface area contributed by atoms with Crippen molar-refractivity contribution in [2.45, 2.75) is 49.2 Å². The molecule has 0 atom stereocenters. The van der Waals surface area contributed by atoms with E-state index in [4.69, 9.17) is 0 Å². The van der Waals surface area contributed by atoms with Gasteiger partial charge in [0.05, 0.1) is 17.3 Å². The molecule has 0 aliphatic rings. The van der Waals surface area contributed by atoms with Crippen molar-refractivity contribution in [1.82, 2.24) is 15.0 Å². The molecule has 1 N–H and O–H groups in total. The maximum absolute atomic E-state index is 11.5. The van der Waals surface area contributed by atoms with E-state index in [1.807, 2.05) is 36.0 Å². The van der Waals surface area contributed by atoms with Crippen LogP contribution in [-0.2, 0) is 24.2 Å². The van der Waals surface area contributed by atoms with Crippen LogP contribution in [0.5, 0.6) is 0 Å². The van der Waals surface area contributed by atoms with E-state index in [1.165, 1.54) is 23.1 Å². The zero-order valence-corrected chi connectivity index (χ0v) is 23.2. The average Bonchev–Trinajstić information content (AvgIpc) is 3.37. The summed E-state index contributed by atoms with van der Waals surface area (Å²) >= 11 is 2.74. The van der Waals surface area contributed by atoms with Crippen molar-refractivity contribution in [3.63, 3.8) is 0 Å². The number of benzene rings is 2. The van der Waals surface area contributed by atoms with Crippen molar-refractivity contribution in [3.05, 3.63) is 88.7 Å². The zero-order chi connectivity index (χ0) is 27.1. The minimum atomic E-state index is -0.932. The average molecular weight is 544 g/mol. The minimum absolute atomic E-state index is 0.627. The summed E-state index contributed by atoms with van der Waals surface area (Å²) in [5.74, 6) is -0.202. The number of hydrogen-bond donors (Lipinski definition) is 1. The number of rotatable bonds is 11. The molecule has 0 amide bonds. The van der Waals surface area contributed by atoms with E-state index in [-0.39, 0.29) is 0 Å². The van der Waals surface area contributed by atoms with Crippen LogP contribution in [-0.4, -0.2) is 37.3 Å². The van der Waals surface area contributed by atoms with E-state index < -0.39 is 10.7 Å². The third-order valence-electron chi connectivity index (χ3n) is 6.06. The number of aromatic nitrogens is 3. The third-order valence-corrected chi connectivity index (χ3v) is 8.23. The number of hydrogen-bond acceptors (Lipinski definition) is 8. The van der Waals surface area contributed by atoms with Gasteiger partial charge < -0.3 is 10.0 Å². The highest BCUT2D eigenvalue weighted by Crippen LogP contribution is 2.34. The predicted octanol–water partition coefficient (Wildman–Crippen LogP) is 6.24. The van der Waals surface area contributed by atoms with Crippen molar-refractivity contribution < 1.29 is 9.90 Å². The number of carboxylic acids is 1. The smallest absolute Gasteiger partial charge is 0.319 e. The lowest BCUT2D eigenvalue weighted by molar-refractivity contribution is -0.138. The Morgan fingerprint density at radius 2 is 1.84 bits per heavy atom. The number of carboxylic acid groups (broad SMARTS) is 1. The van der Waals surface area contributed by atoms with Crippen molar-refractivity contribution in [3.8, 4) is 17.2 Å². The zero-order valence-electron chi connectivity index (χ0n) is 21.6. The summed E-state index contributed by atoms with van der Waals surface area (Å²) in [6, 6.07) is 18.1. The van der Waals surface area contributed by atoms with Gasteiger partial charge in [0.25, 0.3) is 0 Å². The summed E-state index contributed by atoms with van der Waals surface area (Å²) in [7, 11) is 0. The Morgan fingerprint density at radius 1 is 1.11 bits per heavy atom. The molecule has 0 fully saturated rings. The summed E-state index contributed by atoms with van der Waals surface area (Å²) in [6.07, 6.45) is 5.29. The second kappa shape index (κ2) is 12.2. The van der Waals surface area contributed by atoms with E-state index in [2.05, 4.69) is 57.1 Å². The summed E-state index contributed by atoms with van der Waals surface area (Å²) in [5, 5.41) is 20.6. The van der Waals surface area contributed by atoms with E-state index in [9.17, 15) is 15.2 Å². The summed E-state index contributed by atoms with van der Waals surface area (Å²) in [4.78, 5) is 27.5. The van der Waals surface area contributed by atoms with E-state index in [0.29, 0.717) is 31.0 Å². The van der Waals surface area contributed by atoms with Gasteiger partial charge in [0, 0.05) is 37.3 Å². The van der Waals surface area contributed by atoms with Crippen LogP contribution in [0.1, 0.15) is 43.2 Å². The molecule has 2 heterocycles. The first-order chi connectivity index (χ1) is 18.3. The highest BCUT2D eigenvalue weighted by molar-refractivity contribution is 8.03. The molecule has 194 valence electrons. The van der Waals surface area contributed by atoms with Crippen LogP contribution in [0, 0.1) is 11.3 Å². The number of aliphatic carboxylic acids is 1. The highest BCUT2D eigenvalue weighted by atomic mass is 32.2. The Hall–Kier alpha value is -3.74. The van der Waals surface area contributed by atoms with Crippen LogP contribution in [0.2, 0.25) is 0 Å². The standard InChI is InChI=1S/C29H29N5O2S2/c1-4-20-16-31-27(32-17-20)34(13-12-25-19-37-28(33-25)38-29(2,3)26(35)36)18-21-8-10-23(11-9-21)24-7-5-6-22(14-24)15-30/h5-11,14,16-17,19H,4,12-13,18H2,1-3H3,(H,35,36). The SMILES string of the molecule is CCc1cnc(N(CCc2csc(SC(C)(C)C(=O)O)n2)Cc2ccc(-c3cccc(C#N)c3)cc2)nc1. The Morgan fingerprint density at radius 3 is 2.50 bits per heavy atom. The number of aryl methyl sites for hydroxylation is 1. The third kappa shape index (κ3) is 6.97. The highest BCUT2D eigenvalue weighted by Gasteiger charge is 2.29. The maximum Gasteiger partial charge on any atom is 0.319 e. The van der Waals surface area contributed by atoms with Crippen LogP contribution in [0.4, 0.5) is 5.95 Å². The normalized spacial score (nSPS) is 11.2. The van der Waals surface area contributed by atoms with Gasteiger partial charge in [-0.25, -0.2) is 15.0 Å². The molecular weight excluding hydrogens is 514 g/mol. The molecule has 0 unspecified atom stereocenters. The van der Waals surface area contributed by atoms with Gasteiger partial charge >= 0.3 is 5.97 Å². The van der Waals surface area contributed by atoms with E-state index in [0.717, 1.165) is 38.7 Å². The van der Waals surface area contributed by atoms with Crippen LogP contribution in [0.3, 0.4) is 0 Å². The van der Waals surface area contributed by atoms with Gasteiger partial charge in [-0.05, 0) is 54.7 Å². The fourth-order valence-corrected chi connectivity index (χ4v) is 5.92. The van der Waals surface area contributed by atoms with Gasteiger partial charge in [0.15, 0.2) is 4.34 Å². The number of nitrogens with zero attached hydrogens (tertiary/aromatic N) is 5. The lowest BCUT2D eigenvalue weighted by Gasteiger charge is -2.23. The molecular formula is C29H29N5O2S2. The van der Waals surface area contributed by atoms with Crippen molar-refractivity contribution in [1.29, 1.82) is 5.26 Å². The fraction of sp³-hybridized carbons (Fsp3) is 0.276. The molecule has 38 heavy (non-hydrogen) atoms. The number of thioether (sulfide) groups is 1. The molecule has 0 aliphatic heterocycles. The monoisotopic (exact) mass is 543 g/mol. The lowest BCUT2D eigenvalue weighted by Crippen LogP contribution is -2.27. The number of carbonyl (C=O) groups is 1. The molecule has 9 heteroatoms. The second-order valence-corrected chi connectivity index (χ2v) is 12.1. The second-order valence-electron chi connectivity index (χ2n) is 9.33. The number of anilines is 1. The first kappa shape index (κ1) is 27.3. The Balaban J connectivity index is 1.49. The van der Waals surface area contributed by atoms with Gasteiger partial charge in [-0.2, -0.15) is 5.26 Å². The molecule has 0 radical (unpaired) electrons. The molecule has 2 aromatic heterocycles. The molecule has 0 saturated heterocycles. The number of nitriles is 1. The first-order valence-electron chi connectivity index (χ1n) is 12.3. The van der Waals surface area contributed by atoms with Crippen molar-refractivity contribution in [2.75, 3.05) is 11.4 Å². The maximum atomic E-state index is 11.5. The van der Waals surface area contributed by atoms with Gasteiger partial charge in [0.2, 0.25) is 5.95 Å². The van der Waals surface area contributed by atoms with Crippen LogP contribution in [0.25, 0.3) is 11.1 Å². The first-order valence-corrected chi connectivity index (χ1v) is 14.0. The summed E-state index contributed by atoms with van der Waals surface area (Å²) < 4.78 is -0.184. The Kier molecular flexibility index (Phi) is 8.77. The molecule has 7 nitrogen and oxygen atoms in total. The molecule has 2 aromatic carbocycles. The molecule has 4 aromatic rings. The van der Waals surface area contributed by atoms with Gasteiger partial charge in [0.1, 0.15) is 4.75 Å². The number of thiazole rings is 1. The van der Waals surface area contributed by atoms with E-state index in [1.54, 1.807) is 19.9 Å². The van der Waals surface area contributed by atoms with Crippen molar-refractivity contribution in [2.24, 2.45) is 0 Å². The van der Waals surface area contributed by atoms with Crippen LogP contribution < -0.4 is 4.90 Å². The largest absolute Gasteiger partial charge is 0.480 e. The molecule has 4 rings (SSSR count). The van der Waals surface area contributed by atoms with Crippen molar-refractivity contribution >= 4 is 35.0 Å². The topological polar surface area (TPSA) is 103 Å². The fourth-order valence-electron chi connectivity index (χ4n) is 3.70. The predicted molar refractivity (Wildman–Crippen MR) is 152 cm³/mol. The lowest BCUT2D eigenvalue weighted by atomic mass is 10.0. The molecule has 0 bridgehead atoms. The van der Waals surface area contributed by atoms with Gasteiger partial charge in [-0.15, -0.1) is 11.3 Å². The van der Waals surface area contributed by atoms with Gasteiger partial charge in [-0.3, -0.25) is 4.79 Å². The Labute approximate surface area is 231 Å². The quantitative estimate of drug-likeness (QED) is 0.222. The van der Waals surface area contributed by atoms with Crippen LogP contribution >= 0.6 is 23.1 Å². The summed E-state index contributed by atoms with van der Waals surface area (Å²) in [6.45, 7) is 6.74. The Bertz CT molecular complexity index is 1430.